The van der Waals surface area contributed by atoms with Crippen LogP contribution in [0.3, 0.4) is 0 Å². The molecule has 2 N–H and O–H groups in total. The summed E-state index contributed by atoms with van der Waals surface area (Å²) in [5, 5.41) is 5.48. The molecule has 0 atom stereocenters. The number of aryl methyl sites for hydroxylation is 1. The lowest BCUT2D eigenvalue weighted by atomic mass is 10.1. The largest absolute Gasteiger partial charge is 0.368 e. The highest BCUT2D eigenvalue weighted by atomic mass is 19.1. The number of pyridine rings is 1. The summed E-state index contributed by atoms with van der Waals surface area (Å²) in [7, 11) is 0. The first-order valence-electron chi connectivity index (χ1n) is 9.26. The van der Waals surface area contributed by atoms with Gasteiger partial charge in [0.05, 0.1) is 0 Å². The Balaban J connectivity index is 1.37. The van der Waals surface area contributed by atoms with Gasteiger partial charge in [0.15, 0.2) is 0 Å². The molecule has 1 aromatic heterocycles. The van der Waals surface area contributed by atoms with Crippen molar-refractivity contribution in [3.63, 3.8) is 0 Å². The molecule has 0 bridgehead atoms. The fraction of sp³-hybridized carbons (Fsp3) is 0.350. The Bertz CT molecular complexity index is 823. The molecule has 28 heavy (non-hydrogen) atoms. The lowest BCUT2D eigenvalue weighted by Gasteiger charge is -2.36. The van der Waals surface area contributed by atoms with Gasteiger partial charge >= 0.3 is 6.03 Å². The summed E-state index contributed by atoms with van der Waals surface area (Å²) in [5.41, 5.74) is 1.86. The number of aromatic nitrogens is 1. The normalized spacial score (nSPS) is 13.9. The van der Waals surface area contributed by atoms with Crippen molar-refractivity contribution in [2.75, 3.05) is 44.2 Å². The summed E-state index contributed by atoms with van der Waals surface area (Å²) in [6.07, 6.45) is 3.52. The Kier molecular flexibility index (Phi) is 6.41. The molecule has 2 heterocycles. The summed E-state index contributed by atoms with van der Waals surface area (Å²) in [5.74, 6) is -0.772. The maximum absolute atomic E-state index is 13.5. The number of benzene rings is 1. The van der Waals surface area contributed by atoms with E-state index in [1.807, 2.05) is 12.1 Å². The number of urea groups is 1. The minimum absolute atomic E-state index is 0.148. The van der Waals surface area contributed by atoms with E-state index < -0.39 is 5.82 Å². The number of rotatable bonds is 5. The first-order chi connectivity index (χ1) is 13.5. The van der Waals surface area contributed by atoms with E-state index in [0.717, 1.165) is 18.8 Å². The zero-order valence-electron chi connectivity index (χ0n) is 15.8. The van der Waals surface area contributed by atoms with Crippen molar-refractivity contribution in [2.24, 2.45) is 0 Å². The molecule has 1 saturated heterocycles. The highest BCUT2D eigenvalue weighted by Gasteiger charge is 2.20. The van der Waals surface area contributed by atoms with E-state index in [0.29, 0.717) is 25.2 Å². The van der Waals surface area contributed by atoms with Crippen LogP contribution in [-0.2, 0) is 0 Å². The van der Waals surface area contributed by atoms with E-state index in [-0.39, 0.29) is 24.0 Å². The van der Waals surface area contributed by atoms with Crippen molar-refractivity contribution in [2.45, 2.75) is 6.92 Å². The van der Waals surface area contributed by atoms with E-state index in [1.54, 1.807) is 36.4 Å². The predicted molar refractivity (Wildman–Crippen MR) is 105 cm³/mol. The monoisotopic (exact) mass is 385 g/mol. The Labute approximate surface area is 163 Å². The zero-order valence-corrected chi connectivity index (χ0v) is 15.8. The van der Waals surface area contributed by atoms with Crippen LogP contribution >= 0.6 is 0 Å². The van der Waals surface area contributed by atoms with Crippen LogP contribution in [-0.4, -0.2) is 61.1 Å². The molecule has 3 amide bonds. The molecule has 0 unspecified atom stereocenters. The number of carbonyl (C=O) groups is 2. The van der Waals surface area contributed by atoms with Gasteiger partial charge in [-0.05, 0) is 36.8 Å². The molecular weight excluding hydrogens is 361 g/mol. The summed E-state index contributed by atoms with van der Waals surface area (Å²) in [4.78, 5) is 32.3. The topological polar surface area (TPSA) is 77.6 Å². The summed E-state index contributed by atoms with van der Waals surface area (Å²) in [6, 6.07) is 8.12. The smallest absolute Gasteiger partial charge is 0.317 e. The molecule has 0 spiro atoms. The third-order valence-corrected chi connectivity index (χ3v) is 4.72. The number of nitrogens with one attached hydrogen (secondary N) is 2. The van der Waals surface area contributed by atoms with Crippen molar-refractivity contribution in [3.8, 4) is 0 Å². The van der Waals surface area contributed by atoms with Gasteiger partial charge < -0.3 is 20.4 Å². The van der Waals surface area contributed by atoms with Gasteiger partial charge in [0.25, 0.3) is 5.91 Å². The zero-order chi connectivity index (χ0) is 19.9. The Morgan fingerprint density at radius 2 is 1.71 bits per heavy atom. The molecule has 0 aliphatic carbocycles. The van der Waals surface area contributed by atoms with E-state index >= 15 is 0 Å². The van der Waals surface area contributed by atoms with Crippen molar-refractivity contribution >= 4 is 17.6 Å². The molecule has 0 radical (unpaired) electrons. The number of hydrogen-bond donors (Lipinski definition) is 2. The van der Waals surface area contributed by atoms with Gasteiger partial charge in [-0.3, -0.25) is 9.78 Å². The Hall–Kier alpha value is -3.16. The van der Waals surface area contributed by atoms with E-state index in [2.05, 4.69) is 20.5 Å². The first-order valence-corrected chi connectivity index (χ1v) is 9.26. The molecule has 7 nitrogen and oxygen atoms in total. The van der Waals surface area contributed by atoms with Gasteiger partial charge in [-0.15, -0.1) is 0 Å². The number of halogens is 1. The molecular formula is C20H24FN5O2. The van der Waals surface area contributed by atoms with Gasteiger partial charge in [-0.25, -0.2) is 9.18 Å². The lowest BCUT2D eigenvalue weighted by molar-refractivity contribution is 0.0953. The van der Waals surface area contributed by atoms with E-state index in [4.69, 9.17) is 0 Å². The SMILES string of the molecule is Cc1ccc(C(=O)NCCNC(=O)N2CCN(c3ccncc3)CC2)cc1F. The van der Waals surface area contributed by atoms with Crippen LogP contribution in [0.15, 0.2) is 42.7 Å². The summed E-state index contributed by atoms with van der Waals surface area (Å²) < 4.78 is 13.5. The summed E-state index contributed by atoms with van der Waals surface area (Å²) >= 11 is 0. The molecule has 2 aromatic rings. The Morgan fingerprint density at radius 1 is 1.04 bits per heavy atom. The first kappa shape index (κ1) is 19.6. The number of amides is 3. The third-order valence-electron chi connectivity index (χ3n) is 4.72. The molecule has 148 valence electrons. The average Bonchev–Trinajstić information content (AvgIpc) is 2.73. The van der Waals surface area contributed by atoms with Crippen LogP contribution in [0.5, 0.6) is 0 Å². The van der Waals surface area contributed by atoms with Gasteiger partial charge in [0.1, 0.15) is 5.82 Å². The predicted octanol–water partition coefficient (Wildman–Crippen LogP) is 1.79. The lowest BCUT2D eigenvalue weighted by Crippen LogP contribution is -2.52. The van der Waals surface area contributed by atoms with Gasteiger partial charge in [0, 0.05) is 62.9 Å². The van der Waals surface area contributed by atoms with Crippen LogP contribution < -0.4 is 15.5 Å². The van der Waals surface area contributed by atoms with Crippen LogP contribution in [0.25, 0.3) is 0 Å². The molecule has 1 fully saturated rings. The van der Waals surface area contributed by atoms with Crippen molar-refractivity contribution in [3.05, 3.63) is 59.7 Å². The molecule has 1 aromatic carbocycles. The van der Waals surface area contributed by atoms with E-state index in [9.17, 15) is 14.0 Å². The number of carbonyl (C=O) groups excluding carboxylic acids is 2. The average molecular weight is 385 g/mol. The number of hydrogen-bond acceptors (Lipinski definition) is 4. The van der Waals surface area contributed by atoms with Crippen molar-refractivity contribution < 1.29 is 14.0 Å². The molecule has 1 aliphatic heterocycles. The maximum Gasteiger partial charge on any atom is 0.317 e. The van der Waals surface area contributed by atoms with Crippen molar-refractivity contribution in [1.82, 2.24) is 20.5 Å². The third kappa shape index (κ3) is 4.97. The van der Waals surface area contributed by atoms with Gasteiger partial charge in [0.2, 0.25) is 0 Å². The van der Waals surface area contributed by atoms with Crippen LogP contribution in [0.4, 0.5) is 14.9 Å². The second-order valence-corrected chi connectivity index (χ2v) is 6.63. The molecule has 8 heteroatoms. The quantitative estimate of drug-likeness (QED) is 0.770. The van der Waals surface area contributed by atoms with Crippen molar-refractivity contribution in [1.29, 1.82) is 0 Å². The molecule has 1 aliphatic rings. The minimum atomic E-state index is -0.410. The highest BCUT2D eigenvalue weighted by Crippen LogP contribution is 2.14. The fourth-order valence-corrected chi connectivity index (χ4v) is 3.02. The second kappa shape index (κ2) is 9.16. The number of anilines is 1. The second-order valence-electron chi connectivity index (χ2n) is 6.63. The fourth-order valence-electron chi connectivity index (χ4n) is 3.02. The van der Waals surface area contributed by atoms with Crippen LogP contribution in [0, 0.1) is 12.7 Å². The maximum atomic E-state index is 13.5. The molecule has 0 saturated carbocycles. The minimum Gasteiger partial charge on any atom is -0.368 e. The van der Waals surface area contributed by atoms with Crippen LogP contribution in [0.1, 0.15) is 15.9 Å². The van der Waals surface area contributed by atoms with Gasteiger partial charge in [-0.1, -0.05) is 6.07 Å². The van der Waals surface area contributed by atoms with E-state index in [1.165, 1.54) is 6.07 Å². The number of nitrogens with zero attached hydrogens (tertiary/aromatic N) is 3. The standard InChI is InChI=1S/C20H24FN5O2/c1-15-2-3-16(14-18(15)21)19(27)23-8-9-24-20(28)26-12-10-25(11-13-26)17-4-6-22-7-5-17/h2-7,14H,8-13H2,1H3,(H,23,27)(H,24,28). The Morgan fingerprint density at radius 3 is 2.39 bits per heavy atom. The molecule has 3 rings (SSSR count). The van der Waals surface area contributed by atoms with Crippen LogP contribution in [0.2, 0.25) is 0 Å². The highest BCUT2D eigenvalue weighted by molar-refractivity contribution is 5.94. The van der Waals surface area contributed by atoms with Gasteiger partial charge in [-0.2, -0.15) is 0 Å². The number of piperazine rings is 1. The summed E-state index contributed by atoms with van der Waals surface area (Å²) in [6.45, 7) is 5.00.